The molecule has 2 aromatic rings. The first-order valence-electron chi connectivity index (χ1n) is 10.3. The van der Waals surface area contributed by atoms with E-state index in [-0.39, 0.29) is 5.69 Å². The molecule has 0 bridgehead atoms. The van der Waals surface area contributed by atoms with Gasteiger partial charge in [-0.25, -0.2) is 13.8 Å². The predicted molar refractivity (Wildman–Crippen MR) is 114 cm³/mol. The van der Waals surface area contributed by atoms with Crippen molar-refractivity contribution in [2.75, 3.05) is 16.8 Å². The van der Waals surface area contributed by atoms with Gasteiger partial charge in [-0.3, -0.25) is 14.5 Å². The largest absolute Gasteiger partial charge is 0.416 e. The van der Waals surface area contributed by atoms with E-state index >= 15 is 0 Å². The van der Waals surface area contributed by atoms with Gasteiger partial charge >= 0.3 is 6.18 Å². The van der Waals surface area contributed by atoms with Crippen LogP contribution in [0, 0.1) is 18.6 Å². The number of halogens is 6. The summed E-state index contributed by atoms with van der Waals surface area (Å²) in [5.74, 6) is -5.81. The van der Waals surface area contributed by atoms with Crippen LogP contribution in [-0.4, -0.2) is 47.9 Å². The number of ether oxygens (including phenoxy) is 2. The topological polar surface area (TPSA) is 72.0 Å². The highest BCUT2D eigenvalue weighted by Gasteiger charge is 2.61. The molecular weight excluding hydrogens is 501 g/mol. The van der Waals surface area contributed by atoms with Crippen LogP contribution in [0.1, 0.15) is 25.1 Å². The van der Waals surface area contributed by atoms with E-state index in [1.165, 1.54) is 20.8 Å². The van der Waals surface area contributed by atoms with Crippen molar-refractivity contribution in [1.29, 1.82) is 0 Å². The van der Waals surface area contributed by atoms with Crippen molar-refractivity contribution in [2.24, 2.45) is 0 Å². The number of carbonyl (C=O) groups excluding carboxylic acids is 2. The minimum atomic E-state index is -4.75. The molecule has 3 heterocycles. The van der Waals surface area contributed by atoms with Crippen LogP contribution in [0.25, 0.3) is 0 Å². The maximum Gasteiger partial charge on any atom is 0.416 e. The van der Waals surface area contributed by atoms with Gasteiger partial charge in [-0.15, -0.1) is 0 Å². The van der Waals surface area contributed by atoms with Gasteiger partial charge in [-0.1, -0.05) is 11.6 Å². The first-order valence-corrected chi connectivity index (χ1v) is 10.7. The molecule has 0 aliphatic carbocycles. The Morgan fingerprint density at radius 1 is 1.20 bits per heavy atom. The number of nitrogens with zero attached hydrogens (tertiary/aromatic N) is 3. The predicted octanol–water partition coefficient (Wildman–Crippen LogP) is 4.24. The van der Waals surface area contributed by atoms with E-state index in [0.29, 0.717) is 6.07 Å². The van der Waals surface area contributed by atoms with Crippen molar-refractivity contribution in [3.63, 3.8) is 0 Å². The molecule has 3 atom stereocenters. The fourth-order valence-electron chi connectivity index (χ4n) is 4.17. The third kappa shape index (κ3) is 4.34. The summed E-state index contributed by atoms with van der Waals surface area (Å²) in [5, 5.41) is -0.851. The Morgan fingerprint density at radius 2 is 1.86 bits per heavy atom. The molecule has 4 rings (SSSR count). The number of pyridine rings is 1. The van der Waals surface area contributed by atoms with Crippen LogP contribution in [0.2, 0.25) is 5.02 Å². The minimum Gasteiger partial charge on any atom is -0.341 e. The maximum atomic E-state index is 14.6. The Kier molecular flexibility index (Phi) is 6.05. The fourth-order valence-corrected chi connectivity index (χ4v) is 4.33. The molecule has 2 aliphatic heterocycles. The van der Waals surface area contributed by atoms with E-state index in [1.807, 2.05) is 0 Å². The Bertz CT molecular complexity index is 1220. The zero-order valence-electron chi connectivity index (χ0n) is 18.8. The summed E-state index contributed by atoms with van der Waals surface area (Å²) in [6, 6.07) is 1.67. The number of amides is 2. The van der Waals surface area contributed by atoms with Crippen LogP contribution in [-0.2, 0) is 25.2 Å². The highest BCUT2D eigenvalue weighted by Crippen LogP contribution is 2.42. The summed E-state index contributed by atoms with van der Waals surface area (Å²) < 4.78 is 80.0. The number of hydrogen-bond acceptors (Lipinski definition) is 5. The van der Waals surface area contributed by atoms with Gasteiger partial charge in [0.15, 0.2) is 17.7 Å². The average molecular weight is 520 g/mol. The molecule has 188 valence electrons. The molecular formula is C22H19ClF5N3O4. The van der Waals surface area contributed by atoms with E-state index in [2.05, 4.69) is 4.98 Å². The smallest absolute Gasteiger partial charge is 0.341 e. The van der Waals surface area contributed by atoms with Crippen LogP contribution < -0.4 is 9.80 Å². The van der Waals surface area contributed by atoms with E-state index in [4.69, 9.17) is 21.1 Å². The highest BCUT2D eigenvalue weighted by molar-refractivity contribution is 6.31. The minimum absolute atomic E-state index is 0.0576. The number of hydrogen-bond donors (Lipinski definition) is 0. The van der Waals surface area contributed by atoms with Crippen molar-refractivity contribution in [2.45, 2.75) is 51.0 Å². The third-order valence-corrected chi connectivity index (χ3v) is 6.02. The number of carbonyl (C=O) groups is 2. The molecule has 0 spiro atoms. The molecule has 35 heavy (non-hydrogen) atoms. The quantitative estimate of drug-likeness (QED) is 0.448. The zero-order chi connectivity index (χ0) is 26.0. The van der Waals surface area contributed by atoms with Gasteiger partial charge in [0.05, 0.1) is 11.3 Å². The van der Waals surface area contributed by atoms with Crippen LogP contribution in [0.5, 0.6) is 0 Å². The highest BCUT2D eigenvalue weighted by atomic mass is 35.5. The number of alkyl halides is 3. The second kappa shape index (κ2) is 8.38. The number of fused-ring (bicyclic) bond motifs is 1. The molecule has 1 aromatic carbocycles. The molecule has 13 heteroatoms. The van der Waals surface area contributed by atoms with Gasteiger partial charge < -0.3 is 14.4 Å². The molecule has 2 saturated heterocycles. The summed E-state index contributed by atoms with van der Waals surface area (Å²) in [4.78, 5) is 32.4. The third-order valence-electron chi connectivity index (χ3n) is 5.67. The van der Waals surface area contributed by atoms with E-state index < -0.39 is 75.8 Å². The number of likely N-dealkylation sites (N-methyl/N-ethyl adjacent to an activating group) is 1. The lowest BCUT2D eigenvalue weighted by Crippen LogP contribution is -2.51. The average Bonchev–Trinajstić information content (AvgIpc) is 3.20. The molecule has 0 unspecified atom stereocenters. The van der Waals surface area contributed by atoms with Crippen molar-refractivity contribution < 1.29 is 41.0 Å². The Hall–Kier alpha value is -2.83. The van der Waals surface area contributed by atoms with Gasteiger partial charge in [0.2, 0.25) is 0 Å². The van der Waals surface area contributed by atoms with Crippen molar-refractivity contribution in [1.82, 2.24) is 4.98 Å². The summed E-state index contributed by atoms with van der Waals surface area (Å²) in [6.07, 6.45) is -7.32. The van der Waals surface area contributed by atoms with Crippen molar-refractivity contribution in [3.8, 4) is 0 Å². The van der Waals surface area contributed by atoms with Crippen LogP contribution in [0.4, 0.5) is 33.5 Å². The van der Waals surface area contributed by atoms with Crippen LogP contribution >= 0.6 is 11.6 Å². The summed E-state index contributed by atoms with van der Waals surface area (Å²) >= 11 is 5.63. The normalized spacial score (nSPS) is 23.5. The SMILES string of the molecule is Cc1cc(C(F)(F)F)cc(N2C(=O)[C@H]3OC(C)(C)O[C@H]3[C@H]2C(=O)N(C)c2ccc(F)c(Cl)c2F)n1. The molecule has 1 aromatic heterocycles. The zero-order valence-corrected chi connectivity index (χ0v) is 19.5. The maximum absolute atomic E-state index is 14.6. The summed E-state index contributed by atoms with van der Waals surface area (Å²) in [5.41, 5.74) is -1.55. The lowest BCUT2D eigenvalue weighted by molar-refractivity contribution is -0.161. The molecule has 0 saturated carbocycles. The number of aryl methyl sites for hydroxylation is 1. The number of rotatable bonds is 3. The van der Waals surface area contributed by atoms with E-state index in [1.54, 1.807) is 0 Å². The molecule has 2 amide bonds. The van der Waals surface area contributed by atoms with Crippen molar-refractivity contribution in [3.05, 3.63) is 52.2 Å². The number of anilines is 2. The molecule has 2 fully saturated rings. The van der Waals surface area contributed by atoms with Crippen LogP contribution in [0.3, 0.4) is 0 Å². The monoisotopic (exact) mass is 519 g/mol. The van der Waals surface area contributed by atoms with Crippen molar-refractivity contribution >= 4 is 34.9 Å². The number of benzene rings is 1. The van der Waals surface area contributed by atoms with Gasteiger partial charge in [0, 0.05) is 12.7 Å². The standard InChI is InChI=1S/C22H19ClF5N3O4/c1-9-7-10(22(26,27)28)8-13(29-9)31-16(17-18(20(31)33)35-21(2,3)34-17)19(32)30(4)12-6-5-11(24)14(23)15(12)25/h5-8,16-18H,1-4H3/t16-,17-,18-/m0/s1. The molecule has 0 radical (unpaired) electrons. The molecule has 0 N–H and O–H groups in total. The first-order chi connectivity index (χ1) is 16.1. The Labute approximate surface area is 201 Å². The lowest BCUT2D eigenvalue weighted by Gasteiger charge is -2.31. The number of aromatic nitrogens is 1. The lowest BCUT2D eigenvalue weighted by atomic mass is 10.1. The van der Waals surface area contributed by atoms with E-state index in [9.17, 15) is 31.5 Å². The van der Waals surface area contributed by atoms with Gasteiger partial charge in [-0.2, -0.15) is 13.2 Å². The Balaban J connectivity index is 1.82. The summed E-state index contributed by atoms with van der Waals surface area (Å²) in [7, 11) is 1.15. The molecule has 7 nitrogen and oxygen atoms in total. The molecule has 2 aliphatic rings. The van der Waals surface area contributed by atoms with Crippen LogP contribution in [0.15, 0.2) is 24.3 Å². The van der Waals surface area contributed by atoms with Gasteiger partial charge in [0.25, 0.3) is 11.8 Å². The van der Waals surface area contributed by atoms with E-state index in [0.717, 1.165) is 35.0 Å². The second-order valence-corrected chi connectivity index (χ2v) is 9.00. The first kappa shape index (κ1) is 25.3. The summed E-state index contributed by atoms with van der Waals surface area (Å²) in [6.45, 7) is 4.30. The Morgan fingerprint density at radius 3 is 2.49 bits per heavy atom. The second-order valence-electron chi connectivity index (χ2n) is 8.62. The van der Waals surface area contributed by atoms with Gasteiger partial charge in [-0.05, 0) is 45.0 Å². The fraction of sp³-hybridized carbons (Fsp3) is 0.409. The van der Waals surface area contributed by atoms with Gasteiger partial charge in [0.1, 0.15) is 28.8 Å².